The average Bonchev–Trinajstić information content (AvgIpc) is 2.55. The zero-order valence-corrected chi connectivity index (χ0v) is 14.3. The summed E-state index contributed by atoms with van der Waals surface area (Å²) < 4.78 is 0.821. The van der Waals surface area contributed by atoms with Gasteiger partial charge >= 0.3 is 0 Å². The summed E-state index contributed by atoms with van der Waals surface area (Å²) in [7, 11) is 0. The minimum atomic E-state index is -0.493. The Morgan fingerprint density at radius 3 is 2.48 bits per heavy atom. The molecule has 0 saturated carbocycles. The minimum absolute atomic E-state index is 0.0389. The smallest absolute Gasteiger partial charge is 0.269 e. The molecule has 0 radical (unpaired) electrons. The van der Waals surface area contributed by atoms with E-state index in [1.807, 2.05) is 18.2 Å². The molecule has 2 rings (SSSR count). The number of nitrogens with one attached hydrogen (secondary N) is 1. The SMILES string of the molecule is CCCCc1ccc(NC(=O)c2ccc([N+](=O)[O-])cc2)c(Br)c1. The lowest BCUT2D eigenvalue weighted by Gasteiger charge is -2.09. The third-order valence-electron chi connectivity index (χ3n) is 3.44. The number of halogens is 1. The van der Waals surface area contributed by atoms with Crippen LogP contribution in [-0.4, -0.2) is 10.8 Å². The maximum absolute atomic E-state index is 12.2. The van der Waals surface area contributed by atoms with Gasteiger partial charge in [0.25, 0.3) is 11.6 Å². The summed E-state index contributed by atoms with van der Waals surface area (Å²) in [5.74, 6) is -0.304. The van der Waals surface area contributed by atoms with E-state index in [1.165, 1.54) is 29.8 Å². The normalized spacial score (nSPS) is 10.3. The Bertz CT molecular complexity index is 714. The molecule has 0 aliphatic carbocycles. The van der Waals surface area contributed by atoms with Crippen LogP contribution in [0.4, 0.5) is 11.4 Å². The molecule has 2 aromatic carbocycles. The fraction of sp³-hybridized carbons (Fsp3) is 0.235. The van der Waals surface area contributed by atoms with Gasteiger partial charge in [-0.3, -0.25) is 14.9 Å². The molecule has 2 aromatic rings. The van der Waals surface area contributed by atoms with Crippen LogP contribution in [0.15, 0.2) is 46.9 Å². The van der Waals surface area contributed by atoms with Gasteiger partial charge in [-0.05, 0) is 58.6 Å². The van der Waals surface area contributed by atoms with Gasteiger partial charge < -0.3 is 5.32 Å². The quantitative estimate of drug-likeness (QED) is 0.572. The molecule has 0 atom stereocenters. The third-order valence-corrected chi connectivity index (χ3v) is 4.10. The molecule has 0 spiro atoms. The Kier molecular flexibility index (Phi) is 5.87. The van der Waals surface area contributed by atoms with Crippen molar-refractivity contribution in [1.29, 1.82) is 0 Å². The number of nitro benzene ring substituents is 1. The second kappa shape index (κ2) is 7.87. The zero-order chi connectivity index (χ0) is 16.8. The van der Waals surface area contributed by atoms with Gasteiger partial charge in [0, 0.05) is 22.2 Å². The number of anilines is 1. The van der Waals surface area contributed by atoms with Crippen molar-refractivity contribution in [1.82, 2.24) is 0 Å². The monoisotopic (exact) mass is 376 g/mol. The molecule has 120 valence electrons. The molecular weight excluding hydrogens is 360 g/mol. The Balaban J connectivity index is 2.09. The molecule has 0 aromatic heterocycles. The first-order valence-electron chi connectivity index (χ1n) is 7.35. The number of amides is 1. The van der Waals surface area contributed by atoms with Gasteiger partial charge in [-0.25, -0.2) is 0 Å². The Hall–Kier alpha value is -2.21. The van der Waals surface area contributed by atoms with E-state index in [9.17, 15) is 14.9 Å². The van der Waals surface area contributed by atoms with Crippen molar-refractivity contribution < 1.29 is 9.72 Å². The van der Waals surface area contributed by atoms with Crippen LogP contribution in [0.1, 0.15) is 35.7 Å². The lowest BCUT2D eigenvalue weighted by atomic mass is 10.1. The van der Waals surface area contributed by atoms with E-state index in [0.29, 0.717) is 11.3 Å². The van der Waals surface area contributed by atoms with Crippen LogP contribution in [0.5, 0.6) is 0 Å². The Labute approximate surface area is 143 Å². The van der Waals surface area contributed by atoms with Crippen LogP contribution in [0, 0.1) is 10.1 Å². The van der Waals surface area contributed by atoms with Crippen molar-refractivity contribution in [3.05, 3.63) is 68.2 Å². The largest absolute Gasteiger partial charge is 0.321 e. The lowest BCUT2D eigenvalue weighted by Crippen LogP contribution is -2.12. The van der Waals surface area contributed by atoms with Crippen molar-refractivity contribution in [3.8, 4) is 0 Å². The number of non-ortho nitro benzene ring substituents is 1. The molecule has 1 amide bonds. The van der Waals surface area contributed by atoms with E-state index in [-0.39, 0.29) is 11.6 Å². The van der Waals surface area contributed by atoms with Crippen LogP contribution in [0.3, 0.4) is 0 Å². The van der Waals surface area contributed by atoms with E-state index >= 15 is 0 Å². The number of unbranched alkanes of at least 4 members (excludes halogenated alkanes) is 1. The number of nitro groups is 1. The van der Waals surface area contributed by atoms with Crippen molar-refractivity contribution >= 4 is 33.2 Å². The highest BCUT2D eigenvalue weighted by Gasteiger charge is 2.11. The number of nitrogens with zero attached hydrogens (tertiary/aromatic N) is 1. The predicted octanol–water partition coefficient (Wildman–Crippen LogP) is 4.95. The fourth-order valence-corrected chi connectivity index (χ4v) is 2.65. The standard InChI is InChI=1S/C17H17BrN2O3/c1-2-3-4-12-5-10-16(15(18)11-12)19-17(21)13-6-8-14(9-7-13)20(22)23/h5-11H,2-4H2,1H3,(H,19,21). The summed E-state index contributed by atoms with van der Waals surface area (Å²) in [5.41, 5.74) is 2.22. The molecule has 0 aliphatic rings. The number of aryl methyl sites for hydroxylation is 1. The number of rotatable bonds is 6. The summed E-state index contributed by atoms with van der Waals surface area (Å²) in [6.45, 7) is 2.15. The van der Waals surface area contributed by atoms with E-state index in [1.54, 1.807) is 0 Å². The molecule has 23 heavy (non-hydrogen) atoms. The maximum atomic E-state index is 12.2. The molecule has 6 heteroatoms. The highest BCUT2D eigenvalue weighted by molar-refractivity contribution is 9.10. The van der Waals surface area contributed by atoms with Crippen LogP contribution >= 0.6 is 15.9 Å². The van der Waals surface area contributed by atoms with E-state index < -0.39 is 4.92 Å². The van der Waals surface area contributed by atoms with Crippen LogP contribution in [0.25, 0.3) is 0 Å². The van der Waals surface area contributed by atoms with Crippen molar-refractivity contribution in [2.24, 2.45) is 0 Å². The first-order valence-corrected chi connectivity index (χ1v) is 8.14. The number of benzene rings is 2. The highest BCUT2D eigenvalue weighted by Crippen LogP contribution is 2.25. The van der Waals surface area contributed by atoms with Gasteiger partial charge in [-0.2, -0.15) is 0 Å². The van der Waals surface area contributed by atoms with E-state index in [0.717, 1.165) is 23.7 Å². The lowest BCUT2D eigenvalue weighted by molar-refractivity contribution is -0.384. The predicted molar refractivity (Wildman–Crippen MR) is 93.8 cm³/mol. The Morgan fingerprint density at radius 1 is 1.22 bits per heavy atom. The summed E-state index contributed by atoms with van der Waals surface area (Å²) in [6, 6.07) is 11.4. The van der Waals surface area contributed by atoms with Crippen LogP contribution in [-0.2, 0) is 6.42 Å². The molecule has 0 fully saturated rings. The van der Waals surface area contributed by atoms with Gasteiger partial charge in [-0.1, -0.05) is 19.4 Å². The van der Waals surface area contributed by atoms with Crippen molar-refractivity contribution in [2.75, 3.05) is 5.32 Å². The number of hydrogen-bond acceptors (Lipinski definition) is 3. The molecule has 1 N–H and O–H groups in total. The molecule has 0 bridgehead atoms. The molecular formula is C17H17BrN2O3. The summed E-state index contributed by atoms with van der Waals surface area (Å²) in [5, 5.41) is 13.4. The number of carbonyl (C=O) groups excluding carboxylic acids is 1. The summed E-state index contributed by atoms with van der Waals surface area (Å²) >= 11 is 3.47. The topological polar surface area (TPSA) is 72.2 Å². The first kappa shape index (κ1) is 17.1. The summed E-state index contributed by atoms with van der Waals surface area (Å²) in [4.78, 5) is 22.3. The average molecular weight is 377 g/mol. The third kappa shape index (κ3) is 4.63. The Morgan fingerprint density at radius 2 is 1.91 bits per heavy atom. The molecule has 5 nitrogen and oxygen atoms in total. The van der Waals surface area contributed by atoms with Gasteiger partial charge in [0.2, 0.25) is 0 Å². The molecule has 0 aliphatic heterocycles. The van der Waals surface area contributed by atoms with Crippen molar-refractivity contribution in [2.45, 2.75) is 26.2 Å². The minimum Gasteiger partial charge on any atom is -0.321 e. The molecule has 0 heterocycles. The van der Waals surface area contributed by atoms with Crippen molar-refractivity contribution in [3.63, 3.8) is 0 Å². The van der Waals surface area contributed by atoms with Gasteiger partial charge in [0.1, 0.15) is 0 Å². The van der Waals surface area contributed by atoms with E-state index in [4.69, 9.17) is 0 Å². The molecule has 0 unspecified atom stereocenters. The van der Waals surface area contributed by atoms with Gasteiger partial charge in [-0.15, -0.1) is 0 Å². The summed E-state index contributed by atoms with van der Waals surface area (Å²) in [6.07, 6.45) is 3.27. The number of hydrogen-bond donors (Lipinski definition) is 1. The second-order valence-corrected chi connectivity index (χ2v) is 6.03. The number of carbonyl (C=O) groups is 1. The van der Waals surface area contributed by atoms with Gasteiger partial charge in [0.05, 0.1) is 10.6 Å². The van der Waals surface area contributed by atoms with Gasteiger partial charge in [0.15, 0.2) is 0 Å². The zero-order valence-electron chi connectivity index (χ0n) is 12.7. The molecule has 0 saturated heterocycles. The fourth-order valence-electron chi connectivity index (χ4n) is 2.13. The van der Waals surface area contributed by atoms with Crippen LogP contribution in [0.2, 0.25) is 0 Å². The van der Waals surface area contributed by atoms with Crippen LogP contribution < -0.4 is 5.32 Å². The second-order valence-electron chi connectivity index (χ2n) is 5.18. The maximum Gasteiger partial charge on any atom is 0.269 e. The first-order chi connectivity index (χ1) is 11.0. The highest BCUT2D eigenvalue weighted by atomic mass is 79.9. The van der Waals surface area contributed by atoms with E-state index in [2.05, 4.69) is 28.2 Å².